The number of hydrogen-bond acceptors (Lipinski definition) is 8. The first kappa shape index (κ1) is 13.5. The summed E-state index contributed by atoms with van der Waals surface area (Å²) in [6.07, 6.45) is -3.13. The van der Waals surface area contributed by atoms with Gasteiger partial charge in [-0.05, 0) is 0 Å². The number of fused-ring (bicyclic) bond motifs is 1. The molecule has 1 fully saturated rings. The Labute approximate surface area is 117 Å². The average Bonchev–Trinajstić information content (AvgIpc) is 2.93. The molecule has 1 aliphatic heterocycles. The van der Waals surface area contributed by atoms with Crippen molar-refractivity contribution in [2.45, 2.75) is 29.7 Å². The molecule has 4 atom stereocenters. The van der Waals surface area contributed by atoms with Crippen molar-refractivity contribution < 1.29 is 20.1 Å². The number of aliphatic hydroxyl groups is 3. The van der Waals surface area contributed by atoms with Crippen molar-refractivity contribution in [1.29, 1.82) is 0 Å². The number of aliphatic hydroxyl groups excluding tert-OH is 3. The van der Waals surface area contributed by atoms with E-state index in [1.54, 1.807) is 0 Å². The van der Waals surface area contributed by atoms with Gasteiger partial charge in [-0.1, -0.05) is 0 Å². The summed E-state index contributed by atoms with van der Waals surface area (Å²) in [5.41, 5.74) is -0.223. The largest absolute Gasteiger partial charge is 0.394 e. The highest BCUT2D eigenvalue weighted by molar-refractivity contribution is 7.80. The lowest BCUT2D eigenvalue weighted by molar-refractivity contribution is -0.0511. The Bertz CT molecular complexity index is 701. The molecule has 2 aromatic heterocycles. The molecule has 3 heterocycles. The first-order chi connectivity index (χ1) is 9.52. The number of nitrogens with one attached hydrogen (secondary N) is 1. The van der Waals surface area contributed by atoms with E-state index in [1.165, 1.54) is 10.9 Å². The van der Waals surface area contributed by atoms with Crippen molar-refractivity contribution in [2.24, 2.45) is 0 Å². The van der Waals surface area contributed by atoms with Gasteiger partial charge in [-0.25, -0.2) is 9.97 Å². The van der Waals surface area contributed by atoms with E-state index in [0.29, 0.717) is 0 Å². The molecule has 1 aliphatic rings. The fourth-order valence-electron chi connectivity index (χ4n) is 2.21. The van der Waals surface area contributed by atoms with E-state index in [1.807, 2.05) is 0 Å². The van der Waals surface area contributed by atoms with Crippen molar-refractivity contribution in [3.63, 3.8) is 0 Å². The summed E-state index contributed by atoms with van der Waals surface area (Å²) >= 11 is 3.97. The van der Waals surface area contributed by atoms with Crippen LogP contribution in [-0.2, 0) is 4.74 Å². The van der Waals surface area contributed by atoms with Crippen LogP contribution in [-0.4, -0.2) is 59.8 Å². The van der Waals surface area contributed by atoms with E-state index in [-0.39, 0.29) is 16.3 Å². The Morgan fingerprint density at radius 2 is 2.20 bits per heavy atom. The number of aromatic amines is 1. The van der Waals surface area contributed by atoms with Gasteiger partial charge in [-0.3, -0.25) is 14.3 Å². The lowest BCUT2D eigenvalue weighted by Gasteiger charge is -2.16. The van der Waals surface area contributed by atoms with E-state index in [4.69, 9.17) is 9.84 Å². The number of aromatic nitrogens is 4. The van der Waals surface area contributed by atoms with E-state index in [0.717, 1.165) is 0 Å². The van der Waals surface area contributed by atoms with E-state index in [2.05, 4.69) is 27.6 Å². The van der Waals surface area contributed by atoms with E-state index in [9.17, 15) is 15.0 Å². The van der Waals surface area contributed by atoms with Crippen molar-refractivity contribution in [3.05, 3.63) is 16.7 Å². The minimum Gasteiger partial charge on any atom is -0.394 e. The Kier molecular flexibility index (Phi) is 3.26. The smallest absolute Gasteiger partial charge is 0.279 e. The zero-order valence-electron chi connectivity index (χ0n) is 10.0. The van der Waals surface area contributed by atoms with Gasteiger partial charge in [-0.2, -0.15) is 0 Å². The molecule has 0 spiro atoms. The maximum atomic E-state index is 11.7. The van der Waals surface area contributed by atoms with Crippen LogP contribution in [0.15, 0.2) is 16.3 Å². The second kappa shape index (κ2) is 4.82. The molecule has 2 aromatic rings. The fraction of sp³-hybridized carbons (Fsp3) is 0.500. The number of nitrogens with zero attached hydrogens (tertiary/aromatic N) is 3. The summed E-state index contributed by atoms with van der Waals surface area (Å²) < 4.78 is 6.69. The summed E-state index contributed by atoms with van der Waals surface area (Å²) in [5.74, 6) is 0. The van der Waals surface area contributed by atoms with Gasteiger partial charge in [0.15, 0.2) is 22.5 Å². The van der Waals surface area contributed by atoms with Gasteiger partial charge in [0.25, 0.3) is 5.56 Å². The fourth-order valence-corrected chi connectivity index (χ4v) is 2.41. The second-order valence-electron chi connectivity index (χ2n) is 4.44. The van der Waals surface area contributed by atoms with Crippen LogP contribution in [0.1, 0.15) is 6.23 Å². The molecular formula is C10H12N4O5S. The Morgan fingerprint density at radius 3 is 2.85 bits per heavy atom. The second-order valence-corrected chi connectivity index (χ2v) is 4.87. The molecule has 4 N–H and O–H groups in total. The third-order valence-electron chi connectivity index (χ3n) is 3.21. The normalized spacial score (nSPS) is 30.2. The highest BCUT2D eigenvalue weighted by atomic mass is 32.1. The van der Waals surface area contributed by atoms with Crippen molar-refractivity contribution >= 4 is 23.8 Å². The number of ether oxygens (including phenoxy) is 1. The summed E-state index contributed by atoms with van der Waals surface area (Å²) in [4.78, 5) is 22.0. The molecule has 0 bridgehead atoms. The summed E-state index contributed by atoms with van der Waals surface area (Å²) in [7, 11) is 0. The molecule has 0 aliphatic carbocycles. The molecule has 108 valence electrons. The van der Waals surface area contributed by atoms with Gasteiger partial charge < -0.3 is 20.1 Å². The molecule has 3 rings (SSSR count). The Balaban J connectivity index is 2.09. The van der Waals surface area contributed by atoms with Crippen molar-refractivity contribution in [1.82, 2.24) is 19.5 Å². The highest BCUT2D eigenvalue weighted by Crippen LogP contribution is 2.30. The van der Waals surface area contributed by atoms with E-state index < -0.39 is 36.7 Å². The molecule has 10 heteroatoms. The number of thiol groups is 1. The summed E-state index contributed by atoms with van der Waals surface area (Å²) in [6.45, 7) is -0.437. The van der Waals surface area contributed by atoms with Gasteiger partial charge in [0, 0.05) is 0 Å². The topological polar surface area (TPSA) is 133 Å². The first-order valence-corrected chi connectivity index (χ1v) is 6.26. The summed E-state index contributed by atoms with van der Waals surface area (Å²) in [5, 5.41) is 28.9. The first-order valence-electron chi connectivity index (χ1n) is 5.81. The van der Waals surface area contributed by atoms with Gasteiger partial charge in [-0.15, -0.1) is 12.6 Å². The standard InChI is InChI=1S/C10H12N4O5S/c15-1-3-5(16)6(17)9(19-3)14-2-11-4-7(14)12-10(20)13-8(4)18/h2-3,5-6,9,15-17H,1H2,(H2,12,13,18,20)/t3-,5?,6?,9-/m1/s1. The molecular weight excluding hydrogens is 288 g/mol. The van der Waals surface area contributed by atoms with Gasteiger partial charge in [0.1, 0.15) is 18.3 Å². The molecule has 0 saturated carbocycles. The molecule has 9 nitrogen and oxygen atoms in total. The van der Waals surface area contributed by atoms with Crippen LogP contribution in [0.25, 0.3) is 11.2 Å². The maximum Gasteiger partial charge on any atom is 0.279 e. The van der Waals surface area contributed by atoms with Crippen LogP contribution < -0.4 is 5.56 Å². The van der Waals surface area contributed by atoms with Crippen LogP contribution in [0, 0.1) is 0 Å². The van der Waals surface area contributed by atoms with Crippen molar-refractivity contribution in [3.8, 4) is 0 Å². The van der Waals surface area contributed by atoms with Crippen molar-refractivity contribution in [2.75, 3.05) is 6.61 Å². The Hall–Kier alpha value is -1.46. The molecule has 20 heavy (non-hydrogen) atoms. The molecule has 1 saturated heterocycles. The van der Waals surface area contributed by atoms with E-state index >= 15 is 0 Å². The minimum atomic E-state index is -1.27. The monoisotopic (exact) mass is 300 g/mol. The van der Waals surface area contributed by atoms with Crippen LogP contribution in [0.3, 0.4) is 0 Å². The van der Waals surface area contributed by atoms with Gasteiger partial charge >= 0.3 is 0 Å². The number of rotatable bonds is 2. The van der Waals surface area contributed by atoms with Crippen LogP contribution >= 0.6 is 12.6 Å². The minimum absolute atomic E-state index is 0.0699. The zero-order chi connectivity index (χ0) is 14.4. The third kappa shape index (κ3) is 1.93. The predicted octanol–water partition coefficient (Wildman–Crippen LogP) is -1.98. The zero-order valence-corrected chi connectivity index (χ0v) is 10.9. The lowest BCUT2D eigenvalue weighted by atomic mass is 10.1. The molecule has 0 amide bonds. The average molecular weight is 300 g/mol. The van der Waals surface area contributed by atoms with Crippen LogP contribution in [0.5, 0.6) is 0 Å². The lowest BCUT2D eigenvalue weighted by Crippen LogP contribution is -2.33. The predicted molar refractivity (Wildman–Crippen MR) is 68.4 cm³/mol. The third-order valence-corrected chi connectivity index (χ3v) is 3.42. The molecule has 2 unspecified atom stereocenters. The Morgan fingerprint density at radius 1 is 1.45 bits per heavy atom. The number of hydrogen-bond donors (Lipinski definition) is 5. The molecule has 0 radical (unpaired) electrons. The number of H-pyrrole nitrogens is 1. The number of imidazole rings is 1. The van der Waals surface area contributed by atoms with Crippen LogP contribution in [0.4, 0.5) is 0 Å². The van der Waals surface area contributed by atoms with Crippen LogP contribution in [0.2, 0.25) is 0 Å². The van der Waals surface area contributed by atoms with Gasteiger partial charge in [0.05, 0.1) is 12.9 Å². The van der Waals surface area contributed by atoms with Gasteiger partial charge in [0.2, 0.25) is 0 Å². The quantitative estimate of drug-likeness (QED) is 0.320. The SMILES string of the molecule is O=c1[nH]c(S)nc2c1ncn2[C@@H]1O[C@H](CO)C(O)C1O. The highest BCUT2D eigenvalue weighted by Gasteiger charge is 2.44. The summed E-state index contributed by atoms with van der Waals surface area (Å²) in [6, 6.07) is 0. The maximum absolute atomic E-state index is 11.7. The molecule has 0 aromatic carbocycles.